The Bertz CT molecular complexity index is 594. The Morgan fingerprint density at radius 2 is 2.30 bits per heavy atom. The smallest absolute Gasteiger partial charge is 0.238 e. The van der Waals surface area contributed by atoms with Gasteiger partial charge in [-0.3, -0.25) is 4.79 Å². The predicted molar refractivity (Wildman–Crippen MR) is 75.6 cm³/mol. The van der Waals surface area contributed by atoms with E-state index in [1.807, 2.05) is 13.0 Å². The zero-order valence-corrected chi connectivity index (χ0v) is 11.5. The van der Waals surface area contributed by atoms with Gasteiger partial charge in [-0.2, -0.15) is 0 Å². The predicted octanol–water partition coefficient (Wildman–Crippen LogP) is 1.81. The first-order valence-corrected chi connectivity index (χ1v) is 6.29. The van der Waals surface area contributed by atoms with Crippen LogP contribution in [0, 0.1) is 0 Å². The molecule has 2 rings (SSSR count). The number of nitrogens with one attached hydrogen (secondary N) is 1. The third-order valence-corrected chi connectivity index (χ3v) is 2.96. The molecule has 0 saturated carbocycles. The van der Waals surface area contributed by atoms with Crippen molar-refractivity contribution in [2.45, 2.75) is 13.3 Å². The lowest BCUT2D eigenvalue weighted by molar-refractivity contribution is -0.114. The molecule has 3 N–H and O–H groups in total. The molecule has 0 aliphatic carbocycles. The van der Waals surface area contributed by atoms with Crippen molar-refractivity contribution in [2.24, 2.45) is 5.73 Å². The second-order valence-corrected chi connectivity index (χ2v) is 4.18. The third-order valence-electron chi connectivity index (χ3n) is 2.96. The molecule has 0 unspecified atom stereocenters. The van der Waals surface area contributed by atoms with Crippen molar-refractivity contribution < 1.29 is 13.9 Å². The van der Waals surface area contributed by atoms with Gasteiger partial charge in [-0.05, 0) is 18.1 Å². The normalized spacial score (nSPS) is 10.3. The van der Waals surface area contributed by atoms with E-state index < -0.39 is 0 Å². The molecule has 2 aromatic rings. The van der Waals surface area contributed by atoms with Crippen molar-refractivity contribution in [1.82, 2.24) is 4.98 Å². The number of benzene rings is 1. The van der Waals surface area contributed by atoms with Gasteiger partial charge in [0.05, 0.1) is 25.4 Å². The summed E-state index contributed by atoms with van der Waals surface area (Å²) in [6, 6.07) is 3.69. The van der Waals surface area contributed by atoms with E-state index in [1.54, 1.807) is 19.4 Å². The Kier molecular flexibility index (Phi) is 4.37. The Hall–Kier alpha value is -2.34. The number of amides is 1. The van der Waals surface area contributed by atoms with E-state index in [1.165, 1.54) is 6.39 Å². The van der Waals surface area contributed by atoms with Crippen molar-refractivity contribution in [3.63, 3.8) is 0 Å². The molecule has 20 heavy (non-hydrogen) atoms. The van der Waals surface area contributed by atoms with Crippen LogP contribution >= 0.6 is 0 Å². The SMILES string of the molecule is CCc1cc(-c2cnco2)c(OC)cc1NC(=O)CN. The molecule has 0 bridgehead atoms. The Morgan fingerprint density at radius 1 is 1.50 bits per heavy atom. The van der Waals surface area contributed by atoms with Crippen LogP contribution in [0.3, 0.4) is 0 Å². The van der Waals surface area contributed by atoms with Crippen molar-refractivity contribution in [3.8, 4) is 17.1 Å². The van der Waals surface area contributed by atoms with E-state index in [-0.39, 0.29) is 12.5 Å². The summed E-state index contributed by atoms with van der Waals surface area (Å²) < 4.78 is 10.7. The van der Waals surface area contributed by atoms with Crippen LogP contribution in [0.15, 0.2) is 29.1 Å². The van der Waals surface area contributed by atoms with Crippen LogP contribution < -0.4 is 15.8 Å². The Balaban J connectivity index is 2.48. The lowest BCUT2D eigenvalue weighted by Crippen LogP contribution is -2.22. The summed E-state index contributed by atoms with van der Waals surface area (Å²) in [6.07, 6.45) is 3.74. The summed E-state index contributed by atoms with van der Waals surface area (Å²) in [5.74, 6) is 0.980. The molecule has 6 heteroatoms. The number of anilines is 1. The molecule has 106 valence electrons. The summed E-state index contributed by atoms with van der Waals surface area (Å²) in [5.41, 5.74) is 7.79. The number of aryl methyl sites for hydroxylation is 1. The fourth-order valence-corrected chi connectivity index (χ4v) is 1.94. The molecule has 0 fully saturated rings. The summed E-state index contributed by atoms with van der Waals surface area (Å²) in [5, 5.41) is 2.77. The van der Waals surface area contributed by atoms with Crippen LogP contribution in [-0.2, 0) is 11.2 Å². The lowest BCUT2D eigenvalue weighted by atomic mass is 10.0. The van der Waals surface area contributed by atoms with Crippen LogP contribution in [0.5, 0.6) is 5.75 Å². The zero-order valence-electron chi connectivity index (χ0n) is 11.5. The number of hydrogen-bond donors (Lipinski definition) is 2. The van der Waals surface area contributed by atoms with E-state index in [4.69, 9.17) is 14.9 Å². The minimum absolute atomic E-state index is 0.0602. The Labute approximate surface area is 116 Å². The largest absolute Gasteiger partial charge is 0.496 e. The van der Waals surface area contributed by atoms with Crippen LogP contribution in [0.25, 0.3) is 11.3 Å². The molecular formula is C14H17N3O3. The van der Waals surface area contributed by atoms with E-state index >= 15 is 0 Å². The lowest BCUT2D eigenvalue weighted by Gasteiger charge is -2.14. The molecular weight excluding hydrogens is 258 g/mol. The van der Waals surface area contributed by atoms with Gasteiger partial charge < -0.3 is 20.2 Å². The maximum atomic E-state index is 11.5. The molecule has 6 nitrogen and oxygen atoms in total. The maximum absolute atomic E-state index is 11.5. The van der Waals surface area contributed by atoms with Gasteiger partial charge in [0.25, 0.3) is 0 Å². The van der Waals surface area contributed by atoms with E-state index in [2.05, 4.69) is 10.3 Å². The molecule has 0 atom stereocenters. The third kappa shape index (κ3) is 2.80. The van der Waals surface area contributed by atoms with Gasteiger partial charge in [-0.15, -0.1) is 0 Å². The van der Waals surface area contributed by atoms with Crippen LogP contribution in [0.2, 0.25) is 0 Å². The monoisotopic (exact) mass is 275 g/mol. The quantitative estimate of drug-likeness (QED) is 0.868. The number of rotatable bonds is 5. The van der Waals surface area contributed by atoms with Crippen molar-refractivity contribution in [2.75, 3.05) is 19.0 Å². The molecule has 0 saturated heterocycles. The van der Waals surface area contributed by atoms with Crippen molar-refractivity contribution in [1.29, 1.82) is 0 Å². The number of ether oxygens (including phenoxy) is 1. The first-order valence-electron chi connectivity index (χ1n) is 6.29. The van der Waals surface area contributed by atoms with Crippen molar-refractivity contribution in [3.05, 3.63) is 30.3 Å². The summed E-state index contributed by atoms with van der Waals surface area (Å²) in [6.45, 7) is 1.94. The fourth-order valence-electron chi connectivity index (χ4n) is 1.94. The second kappa shape index (κ2) is 6.21. The van der Waals surface area contributed by atoms with E-state index in [0.717, 1.165) is 17.5 Å². The molecule has 1 heterocycles. The summed E-state index contributed by atoms with van der Waals surface area (Å²) in [7, 11) is 1.56. The van der Waals surface area contributed by atoms with Crippen LogP contribution in [0.4, 0.5) is 5.69 Å². The highest BCUT2D eigenvalue weighted by molar-refractivity contribution is 5.93. The highest BCUT2D eigenvalue weighted by Gasteiger charge is 2.14. The number of nitrogens with two attached hydrogens (primary N) is 1. The first kappa shape index (κ1) is 14.1. The van der Waals surface area contributed by atoms with Gasteiger partial charge in [0.1, 0.15) is 5.75 Å². The highest BCUT2D eigenvalue weighted by atomic mass is 16.5. The zero-order chi connectivity index (χ0) is 14.5. The fraction of sp³-hybridized carbons (Fsp3) is 0.286. The number of nitrogens with zero attached hydrogens (tertiary/aromatic N) is 1. The molecule has 0 spiro atoms. The summed E-state index contributed by atoms with van der Waals surface area (Å²) >= 11 is 0. The molecule has 0 radical (unpaired) electrons. The van der Waals surface area contributed by atoms with Crippen LogP contribution in [-0.4, -0.2) is 24.5 Å². The number of carbonyl (C=O) groups is 1. The number of hydrogen-bond acceptors (Lipinski definition) is 5. The highest BCUT2D eigenvalue weighted by Crippen LogP contribution is 2.35. The van der Waals surface area contributed by atoms with E-state index in [0.29, 0.717) is 17.2 Å². The average Bonchev–Trinajstić information content (AvgIpc) is 3.00. The molecule has 0 aliphatic heterocycles. The van der Waals surface area contributed by atoms with E-state index in [9.17, 15) is 4.79 Å². The standard InChI is InChI=1S/C14H17N3O3/c1-3-9-4-10(13-7-16-8-20-13)12(19-2)5-11(9)17-14(18)6-15/h4-5,7-8H,3,6,15H2,1-2H3,(H,17,18). The van der Waals surface area contributed by atoms with Gasteiger partial charge in [0.15, 0.2) is 12.2 Å². The average molecular weight is 275 g/mol. The van der Waals surface area contributed by atoms with Crippen LogP contribution in [0.1, 0.15) is 12.5 Å². The number of methoxy groups -OCH3 is 1. The minimum Gasteiger partial charge on any atom is -0.496 e. The number of oxazole rings is 1. The first-order chi connectivity index (χ1) is 9.69. The second-order valence-electron chi connectivity index (χ2n) is 4.18. The molecule has 0 aliphatic rings. The van der Waals surface area contributed by atoms with Gasteiger partial charge in [0, 0.05) is 11.8 Å². The van der Waals surface area contributed by atoms with Crippen molar-refractivity contribution >= 4 is 11.6 Å². The number of carbonyl (C=O) groups excluding carboxylic acids is 1. The summed E-state index contributed by atoms with van der Waals surface area (Å²) in [4.78, 5) is 15.4. The van der Waals surface area contributed by atoms with Gasteiger partial charge in [-0.1, -0.05) is 6.92 Å². The van der Waals surface area contributed by atoms with Gasteiger partial charge in [-0.25, -0.2) is 4.98 Å². The molecule has 1 amide bonds. The minimum atomic E-state index is -0.242. The molecule has 1 aromatic carbocycles. The topological polar surface area (TPSA) is 90.4 Å². The maximum Gasteiger partial charge on any atom is 0.238 e. The molecule has 1 aromatic heterocycles. The van der Waals surface area contributed by atoms with Gasteiger partial charge in [0.2, 0.25) is 5.91 Å². The van der Waals surface area contributed by atoms with Gasteiger partial charge >= 0.3 is 0 Å². The Morgan fingerprint density at radius 3 is 2.85 bits per heavy atom. The number of aromatic nitrogens is 1.